The van der Waals surface area contributed by atoms with E-state index in [1.165, 1.54) is 5.56 Å². The van der Waals surface area contributed by atoms with E-state index in [9.17, 15) is 4.79 Å². The number of amides is 1. The number of hydrazone groups is 1. The van der Waals surface area contributed by atoms with Crippen LogP contribution in [0.25, 0.3) is 0 Å². The molecule has 37 heavy (non-hydrogen) atoms. The van der Waals surface area contributed by atoms with Gasteiger partial charge in [0, 0.05) is 0 Å². The van der Waals surface area contributed by atoms with Crippen LogP contribution in [0, 0.1) is 6.92 Å². The van der Waals surface area contributed by atoms with Gasteiger partial charge in [-0.15, -0.1) is 0 Å². The number of hydrogen-bond acceptors (Lipinski definition) is 5. The summed E-state index contributed by atoms with van der Waals surface area (Å²) in [6, 6.07) is 32.9. The fraction of sp³-hybridized carbons (Fsp3) is 0.161. The highest BCUT2D eigenvalue weighted by molar-refractivity contribution is 5.84. The summed E-state index contributed by atoms with van der Waals surface area (Å²) < 4.78 is 17.3. The van der Waals surface area contributed by atoms with Crippen molar-refractivity contribution in [3.05, 3.63) is 125 Å². The molecule has 1 unspecified atom stereocenters. The second-order valence-electron chi connectivity index (χ2n) is 8.58. The van der Waals surface area contributed by atoms with E-state index in [1.54, 1.807) is 25.3 Å². The molecule has 6 heteroatoms. The topological polar surface area (TPSA) is 69.2 Å². The fourth-order valence-corrected chi connectivity index (χ4v) is 3.38. The Kier molecular flexibility index (Phi) is 8.92. The predicted molar refractivity (Wildman–Crippen MR) is 145 cm³/mol. The Labute approximate surface area is 217 Å². The number of aryl methyl sites for hydroxylation is 1. The Morgan fingerprint density at radius 3 is 1.92 bits per heavy atom. The summed E-state index contributed by atoms with van der Waals surface area (Å²) in [5.41, 5.74) is 6.78. The predicted octanol–water partition coefficient (Wildman–Crippen LogP) is 6.07. The highest BCUT2D eigenvalue weighted by Crippen LogP contribution is 2.20. The standard InChI is InChI=1S/C31H30N2O4/c1-23-8-10-27(11-9-23)22-36-28-14-12-25(13-15-28)20-32-33-31(34)24(2)37-30-18-16-29(17-19-30)35-21-26-6-4-3-5-7-26/h3-20,24H,21-22H2,1-2H3,(H,33,34)/b32-20+. The zero-order chi connectivity index (χ0) is 25.9. The zero-order valence-corrected chi connectivity index (χ0v) is 21.0. The second-order valence-corrected chi connectivity index (χ2v) is 8.58. The van der Waals surface area contributed by atoms with Gasteiger partial charge in [0.25, 0.3) is 5.91 Å². The maximum atomic E-state index is 12.4. The second kappa shape index (κ2) is 12.9. The van der Waals surface area contributed by atoms with E-state index in [1.807, 2.05) is 66.7 Å². The Balaban J connectivity index is 1.19. The molecule has 0 fully saturated rings. The smallest absolute Gasteiger partial charge is 0.280 e. The first kappa shape index (κ1) is 25.5. The van der Waals surface area contributed by atoms with Gasteiger partial charge in [0.2, 0.25) is 0 Å². The van der Waals surface area contributed by atoms with Crippen LogP contribution in [0.15, 0.2) is 108 Å². The lowest BCUT2D eigenvalue weighted by Gasteiger charge is -2.13. The van der Waals surface area contributed by atoms with E-state index >= 15 is 0 Å². The van der Waals surface area contributed by atoms with E-state index < -0.39 is 6.10 Å². The maximum Gasteiger partial charge on any atom is 0.280 e. The third-order valence-electron chi connectivity index (χ3n) is 5.55. The zero-order valence-electron chi connectivity index (χ0n) is 21.0. The van der Waals surface area contributed by atoms with Crippen molar-refractivity contribution >= 4 is 12.1 Å². The number of ether oxygens (including phenoxy) is 3. The first-order valence-electron chi connectivity index (χ1n) is 12.1. The van der Waals surface area contributed by atoms with E-state index in [2.05, 4.69) is 41.7 Å². The third kappa shape index (κ3) is 8.25. The minimum Gasteiger partial charge on any atom is -0.489 e. The number of nitrogens with zero attached hydrogens (tertiary/aromatic N) is 1. The molecule has 0 spiro atoms. The van der Waals surface area contributed by atoms with Gasteiger partial charge < -0.3 is 14.2 Å². The largest absolute Gasteiger partial charge is 0.489 e. The first-order valence-corrected chi connectivity index (χ1v) is 12.1. The lowest BCUT2D eigenvalue weighted by atomic mass is 10.2. The van der Waals surface area contributed by atoms with E-state index in [0.717, 1.165) is 28.2 Å². The van der Waals surface area contributed by atoms with Crippen LogP contribution in [0.4, 0.5) is 0 Å². The lowest BCUT2D eigenvalue weighted by molar-refractivity contribution is -0.127. The van der Waals surface area contributed by atoms with Gasteiger partial charge in [0.05, 0.1) is 6.21 Å². The van der Waals surface area contributed by atoms with Crippen LogP contribution in [0.1, 0.15) is 29.2 Å². The molecular formula is C31H30N2O4. The third-order valence-corrected chi connectivity index (χ3v) is 5.55. The summed E-state index contributed by atoms with van der Waals surface area (Å²) >= 11 is 0. The molecule has 6 nitrogen and oxygen atoms in total. The van der Waals surface area contributed by atoms with Crippen molar-refractivity contribution in [2.45, 2.75) is 33.2 Å². The highest BCUT2D eigenvalue weighted by Gasteiger charge is 2.14. The summed E-state index contributed by atoms with van der Waals surface area (Å²) in [6.45, 7) is 4.72. The summed E-state index contributed by atoms with van der Waals surface area (Å²) in [4.78, 5) is 12.4. The van der Waals surface area contributed by atoms with Crippen molar-refractivity contribution in [1.82, 2.24) is 5.43 Å². The van der Waals surface area contributed by atoms with E-state index in [4.69, 9.17) is 14.2 Å². The van der Waals surface area contributed by atoms with Crippen LogP contribution in [0.5, 0.6) is 17.2 Å². The highest BCUT2D eigenvalue weighted by atomic mass is 16.5. The van der Waals surface area contributed by atoms with Crippen molar-refractivity contribution in [3.63, 3.8) is 0 Å². The molecule has 4 rings (SSSR count). The average molecular weight is 495 g/mol. The summed E-state index contributed by atoms with van der Waals surface area (Å²) in [7, 11) is 0. The number of hydrogen-bond donors (Lipinski definition) is 1. The molecule has 0 aliphatic heterocycles. The number of nitrogens with one attached hydrogen (secondary N) is 1. The molecule has 4 aromatic rings. The van der Waals surface area contributed by atoms with Crippen LogP contribution in [0.3, 0.4) is 0 Å². The van der Waals surface area contributed by atoms with Crippen LogP contribution in [-0.4, -0.2) is 18.2 Å². The van der Waals surface area contributed by atoms with Gasteiger partial charge >= 0.3 is 0 Å². The Bertz CT molecular complexity index is 1290. The Hall–Kier alpha value is -4.58. The molecule has 0 radical (unpaired) electrons. The Morgan fingerprint density at radius 1 is 0.757 bits per heavy atom. The Morgan fingerprint density at radius 2 is 1.30 bits per heavy atom. The molecule has 1 amide bonds. The molecule has 0 saturated heterocycles. The summed E-state index contributed by atoms with van der Waals surface area (Å²) in [5.74, 6) is 1.71. The van der Waals surface area contributed by atoms with Gasteiger partial charge in [-0.1, -0.05) is 60.2 Å². The number of carbonyl (C=O) groups excluding carboxylic acids is 1. The van der Waals surface area contributed by atoms with Gasteiger partial charge in [-0.2, -0.15) is 5.10 Å². The molecule has 0 aromatic heterocycles. The average Bonchev–Trinajstić information content (AvgIpc) is 2.93. The normalized spacial score (nSPS) is 11.6. The van der Waals surface area contributed by atoms with E-state index in [-0.39, 0.29) is 5.91 Å². The SMILES string of the molecule is Cc1ccc(COc2ccc(/C=N/NC(=O)C(C)Oc3ccc(OCc4ccccc4)cc3)cc2)cc1. The van der Waals surface area contributed by atoms with Gasteiger partial charge in [-0.05, 0) is 79.1 Å². The monoisotopic (exact) mass is 494 g/mol. The lowest BCUT2D eigenvalue weighted by Crippen LogP contribution is -2.33. The van der Waals surface area contributed by atoms with E-state index in [0.29, 0.717) is 19.0 Å². The molecule has 0 bridgehead atoms. The molecule has 1 atom stereocenters. The minimum atomic E-state index is -0.717. The fourth-order valence-electron chi connectivity index (χ4n) is 3.38. The number of carbonyl (C=O) groups is 1. The van der Waals surface area contributed by atoms with Crippen molar-refractivity contribution in [2.75, 3.05) is 0 Å². The molecular weight excluding hydrogens is 464 g/mol. The maximum absolute atomic E-state index is 12.4. The van der Waals surface area contributed by atoms with Crippen molar-refractivity contribution in [1.29, 1.82) is 0 Å². The summed E-state index contributed by atoms with van der Waals surface area (Å²) in [6.07, 6.45) is 0.860. The molecule has 0 heterocycles. The van der Waals surface area contributed by atoms with Crippen LogP contribution in [0.2, 0.25) is 0 Å². The summed E-state index contributed by atoms with van der Waals surface area (Å²) in [5, 5.41) is 4.04. The minimum absolute atomic E-state index is 0.348. The van der Waals surface area contributed by atoms with Crippen LogP contribution >= 0.6 is 0 Å². The molecule has 4 aromatic carbocycles. The van der Waals surface area contributed by atoms with Gasteiger partial charge in [0.1, 0.15) is 30.5 Å². The van der Waals surface area contributed by atoms with Gasteiger partial charge in [0.15, 0.2) is 6.10 Å². The van der Waals surface area contributed by atoms with Gasteiger partial charge in [-0.25, -0.2) is 5.43 Å². The molecule has 0 saturated carbocycles. The van der Waals surface area contributed by atoms with Crippen LogP contribution < -0.4 is 19.6 Å². The van der Waals surface area contributed by atoms with Crippen LogP contribution in [-0.2, 0) is 18.0 Å². The van der Waals surface area contributed by atoms with Crippen molar-refractivity contribution in [3.8, 4) is 17.2 Å². The van der Waals surface area contributed by atoms with Crippen molar-refractivity contribution in [2.24, 2.45) is 5.10 Å². The molecule has 0 aliphatic rings. The quantitative estimate of drug-likeness (QED) is 0.203. The first-order chi connectivity index (χ1) is 18.0. The molecule has 1 N–H and O–H groups in total. The number of benzene rings is 4. The van der Waals surface area contributed by atoms with Crippen molar-refractivity contribution < 1.29 is 19.0 Å². The molecule has 0 aliphatic carbocycles. The number of rotatable bonds is 11. The van der Waals surface area contributed by atoms with Gasteiger partial charge in [-0.3, -0.25) is 4.79 Å². The molecule has 188 valence electrons.